The Morgan fingerprint density at radius 2 is 1.88 bits per heavy atom. The number of fused-ring (bicyclic) bond motifs is 2. The number of aromatic amines is 1. The molecule has 3 rings (SSSR count). The minimum atomic E-state index is -0.0965. The zero-order valence-corrected chi connectivity index (χ0v) is 9.31. The van der Waals surface area contributed by atoms with E-state index in [0.717, 1.165) is 21.8 Å². The molecule has 17 heavy (non-hydrogen) atoms. The van der Waals surface area contributed by atoms with E-state index in [0.29, 0.717) is 13.1 Å². The van der Waals surface area contributed by atoms with Gasteiger partial charge in [-0.1, -0.05) is 24.3 Å². The van der Waals surface area contributed by atoms with E-state index in [1.807, 2.05) is 36.4 Å². The zero-order valence-electron chi connectivity index (χ0n) is 9.31. The fraction of sp³-hybridized carbons (Fsp3) is 0.154. The van der Waals surface area contributed by atoms with E-state index in [1.165, 1.54) is 0 Å². The molecule has 0 saturated carbocycles. The number of H-pyrrole nitrogens is 1. The number of imidazole rings is 1. The first-order chi connectivity index (χ1) is 8.29. The number of rotatable bonds is 2. The van der Waals surface area contributed by atoms with Crippen LogP contribution in [0.1, 0.15) is 0 Å². The lowest BCUT2D eigenvalue weighted by molar-refractivity contribution is 0.703. The average Bonchev–Trinajstić information content (AvgIpc) is 2.63. The molecule has 0 aliphatic carbocycles. The topological polar surface area (TPSA) is 63.8 Å². The molecule has 0 spiro atoms. The van der Waals surface area contributed by atoms with Gasteiger partial charge in [-0.2, -0.15) is 0 Å². The fourth-order valence-electron chi connectivity index (χ4n) is 2.19. The van der Waals surface area contributed by atoms with Gasteiger partial charge in [0.25, 0.3) is 0 Å². The Hall–Kier alpha value is -2.07. The van der Waals surface area contributed by atoms with Crippen LogP contribution in [0.25, 0.3) is 21.8 Å². The maximum absolute atomic E-state index is 11.8. The van der Waals surface area contributed by atoms with Gasteiger partial charge in [-0.15, -0.1) is 0 Å². The first-order valence-electron chi connectivity index (χ1n) is 5.61. The van der Waals surface area contributed by atoms with Crippen LogP contribution in [0.5, 0.6) is 0 Å². The summed E-state index contributed by atoms with van der Waals surface area (Å²) in [5, 5.41) is 2.26. The molecule has 0 saturated heterocycles. The van der Waals surface area contributed by atoms with Gasteiger partial charge in [0.15, 0.2) is 0 Å². The Balaban J connectivity index is 2.40. The van der Waals surface area contributed by atoms with Crippen molar-refractivity contribution >= 4 is 21.8 Å². The lowest BCUT2D eigenvalue weighted by Crippen LogP contribution is -2.21. The number of nitrogens with two attached hydrogens (primary N) is 1. The first-order valence-corrected chi connectivity index (χ1v) is 5.61. The number of nitrogens with one attached hydrogen (secondary N) is 1. The Labute approximate surface area is 97.7 Å². The van der Waals surface area contributed by atoms with Crippen LogP contribution in [0.4, 0.5) is 0 Å². The molecule has 3 aromatic rings. The van der Waals surface area contributed by atoms with E-state index >= 15 is 0 Å². The van der Waals surface area contributed by atoms with Crippen molar-refractivity contribution in [3.05, 3.63) is 46.9 Å². The van der Waals surface area contributed by atoms with Gasteiger partial charge in [-0.05, 0) is 22.9 Å². The van der Waals surface area contributed by atoms with Crippen molar-refractivity contribution in [1.82, 2.24) is 9.55 Å². The predicted molar refractivity (Wildman–Crippen MR) is 69.1 cm³/mol. The Bertz CT molecular complexity index is 739. The molecule has 0 unspecified atom stereocenters. The molecule has 0 aliphatic rings. The van der Waals surface area contributed by atoms with E-state index in [9.17, 15) is 4.79 Å². The second kappa shape index (κ2) is 3.75. The summed E-state index contributed by atoms with van der Waals surface area (Å²) in [5.74, 6) is 0. The van der Waals surface area contributed by atoms with Gasteiger partial charge in [0.2, 0.25) is 0 Å². The van der Waals surface area contributed by atoms with Crippen LogP contribution in [0.15, 0.2) is 41.2 Å². The van der Waals surface area contributed by atoms with Gasteiger partial charge in [-0.25, -0.2) is 4.79 Å². The predicted octanol–water partition coefficient (Wildman–Crippen LogP) is 1.44. The minimum Gasteiger partial charge on any atom is -0.329 e. The zero-order chi connectivity index (χ0) is 11.8. The summed E-state index contributed by atoms with van der Waals surface area (Å²) < 4.78 is 1.68. The molecule has 0 fully saturated rings. The van der Waals surface area contributed by atoms with E-state index in [-0.39, 0.29) is 5.69 Å². The van der Waals surface area contributed by atoms with Gasteiger partial charge < -0.3 is 10.7 Å². The summed E-state index contributed by atoms with van der Waals surface area (Å²) in [4.78, 5) is 14.6. The highest BCUT2D eigenvalue weighted by atomic mass is 16.1. The molecule has 0 aliphatic heterocycles. The molecular formula is C13H13N3O. The van der Waals surface area contributed by atoms with Gasteiger partial charge >= 0.3 is 5.69 Å². The molecule has 0 amide bonds. The molecular weight excluding hydrogens is 214 g/mol. The second-order valence-electron chi connectivity index (χ2n) is 4.09. The number of benzene rings is 2. The highest BCUT2D eigenvalue weighted by Gasteiger charge is 2.06. The Kier molecular flexibility index (Phi) is 2.23. The summed E-state index contributed by atoms with van der Waals surface area (Å²) in [6.45, 7) is 0.997. The summed E-state index contributed by atoms with van der Waals surface area (Å²) in [5.41, 5.74) is 7.20. The lowest BCUT2D eigenvalue weighted by atomic mass is 10.1. The van der Waals surface area contributed by atoms with Crippen LogP contribution in [-0.4, -0.2) is 16.1 Å². The van der Waals surface area contributed by atoms with Crippen molar-refractivity contribution in [3.63, 3.8) is 0 Å². The standard InChI is InChI=1S/C13H13N3O/c14-5-6-16-12-8-10-4-2-1-3-9(10)7-11(12)15-13(16)17/h1-4,7-8H,5-6,14H2,(H,15,17). The van der Waals surface area contributed by atoms with Gasteiger partial charge in [-0.3, -0.25) is 4.57 Å². The molecule has 1 heterocycles. The summed E-state index contributed by atoms with van der Waals surface area (Å²) >= 11 is 0. The van der Waals surface area contributed by atoms with Crippen LogP contribution in [0.2, 0.25) is 0 Å². The smallest absolute Gasteiger partial charge is 0.326 e. The number of hydrogen-bond acceptors (Lipinski definition) is 2. The SMILES string of the molecule is NCCn1c(=O)[nH]c2cc3ccccc3cc21. The summed E-state index contributed by atoms with van der Waals surface area (Å²) in [6.07, 6.45) is 0. The van der Waals surface area contributed by atoms with Crippen LogP contribution < -0.4 is 11.4 Å². The average molecular weight is 227 g/mol. The highest BCUT2D eigenvalue weighted by Crippen LogP contribution is 2.20. The second-order valence-corrected chi connectivity index (χ2v) is 4.09. The van der Waals surface area contributed by atoms with E-state index in [4.69, 9.17) is 5.73 Å². The summed E-state index contributed by atoms with van der Waals surface area (Å²) in [6, 6.07) is 12.1. The van der Waals surface area contributed by atoms with E-state index in [1.54, 1.807) is 4.57 Å². The third-order valence-corrected chi connectivity index (χ3v) is 2.99. The van der Waals surface area contributed by atoms with Crippen molar-refractivity contribution in [2.24, 2.45) is 5.73 Å². The summed E-state index contributed by atoms with van der Waals surface area (Å²) in [7, 11) is 0. The normalized spacial score (nSPS) is 11.4. The van der Waals surface area contributed by atoms with Gasteiger partial charge in [0, 0.05) is 13.1 Å². The van der Waals surface area contributed by atoms with Gasteiger partial charge in [0.05, 0.1) is 11.0 Å². The Morgan fingerprint density at radius 3 is 2.59 bits per heavy atom. The van der Waals surface area contributed by atoms with Crippen molar-refractivity contribution in [2.45, 2.75) is 6.54 Å². The molecule has 4 nitrogen and oxygen atoms in total. The van der Waals surface area contributed by atoms with Gasteiger partial charge in [0.1, 0.15) is 0 Å². The van der Waals surface area contributed by atoms with Crippen molar-refractivity contribution < 1.29 is 0 Å². The largest absolute Gasteiger partial charge is 0.329 e. The van der Waals surface area contributed by atoms with Crippen LogP contribution in [0.3, 0.4) is 0 Å². The first kappa shape index (κ1) is 10.1. The maximum atomic E-state index is 11.8. The number of aromatic nitrogens is 2. The molecule has 2 aromatic carbocycles. The van der Waals surface area contributed by atoms with Crippen LogP contribution in [0, 0.1) is 0 Å². The fourth-order valence-corrected chi connectivity index (χ4v) is 2.19. The Morgan fingerprint density at radius 1 is 1.18 bits per heavy atom. The van der Waals surface area contributed by atoms with Crippen LogP contribution >= 0.6 is 0 Å². The molecule has 1 aromatic heterocycles. The molecule has 86 valence electrons. The van der Waals surface area contributed by atoms with Crippen LogP contribution in [-0.2, 0) is 6.54 Å². The minimum absolute atomic E-state index is 0.0965. The van der Waals surface area contributed by atoms with Crippen molar-refractivity contribution in [1.29, 1.82) is 0 Å². The third kappa shape index (κ3) is 1.54. The highest BCUT2D eigenvalue weighted by molar-refractivity contribution is 5.95. The molecule has 0 radical (unpaired) electrons. The molecule has 4 heteroatoms. The number of nitrogens with zero attached hydrogens (tertiary/aromatic N) is 1. The monoisotopic (exact) mass is 227 g/mol. The molecule has 3 N–H and O–H groups in total. The number of hydrogen-bond donors (Lipinski definition) is 2. The van der Waals surface area contributed by atoms with E-state index in [2.05, 4.69) is 4.98 Å². The lowest BCUT2D eigenvalue weighted by Gasteiger charge is -2.02. The molecule has 0 atom stereocenters. The quantitative estimate of drug-likeness (QED) is 0.695. The molecule has 0 bridgehead atoms. The van der Waals surface area contributed by atoms with E-state index < -0.39 is 0 Å². The maximum Gasteiger partial charge on any atom is 0.326 e. The van der Waals surface area contributed by atoms with Crippen molar-refractivity contribution in [3.8, 4) is 0 Å². The van der Waals surface area contributed by atoms with Crippen molar-refractivity contribution in [2.75, 3.05) is 6.54 Å². The third-order valence-electron chi connectivity index (χ3n) is 2.99.